The molecule has 0 aromatic rings. The minimum absolute atomic E-state index is 0.0464. The van der Waals surface area contributed by atoms with Crippen LogP contribution in [0.3, 0.4) is 0 Å². The van der Waals surface area contributed by atoms with Crippen molar-refractivity contribution in [2.24, 2.45) is 10.8 Å². The number of aliphatic hydroxyl groups is 2. The smallest absolute Gasteiger partial charge is 0.126 e. The van der Waals surface area contributed by atoms with E-state index in [1.54, 1.807) is 0 Å². The summed E-state index contributed by atoms with van der Waals surface area (Å²) >= 11 is -1.75. The van der Waals surface area contributed by atoms with E-state index >= 15 is 0 Å². The van der Waals surface area contributed by atoms with E-state index in [4.69, 9.17) is 0 Å². The first-order valence-electron chi connectivity index (χ1n) is 12.0. The zero-order valence-electron chi connectivity index (χ0n) is 20.0. The lowest BCUT2D eigenvalue weighted by Gasteiger charge is -2.23. The highest BCUT2D eigenvalue weighted by Crippen LogP contribution is 2.36. The second-order valence-corrected chi connectivity index (χ2v) is 14.5. The van der Waals surface area contributed by atoms with Crippen molar-refractivity contribution in [3.8, 4) is 0 Å². The first kappa shape index (κ1) is 27.3. The highest BCUT2D eigenvalue weighted by molar-refractivity contribution is 7.96. The molecule has 0 radical (unpaired) electrons. The molecule has 0 fully saturated rings. The van der Waals surface area contributed by atoms with Crippen LogP contribution in [-0.2, 0) is 22.4 Å². The topological polar surface area (TPSA) is 86.6 Å². The van der Waals surface area contributed by atoms with E-state index < -0.39 is 22.4 Å². The Kier molecular flexibility index (Phi) is 11.0. The average molecular weight is 473 g/mol. The molecule has 0 saturated carbocycles. The highest BCUT2D eigenvalue weighted by Gasteiger charge is 2.34. The molecule has 180 valence electrons. The third-order valence-corrected chi connectivity index (χ3v) is 10.6. The van der Waals surface area contributed by atoms with Crippen LogP contribution >= 0.6 is 0 Å². The van der Waals surface area contributed by atoms with Crippen molar-refractivity contribution in [3.05, 3.63) is 22.0 Å². The molecule has 0 aromatic heterocycles. The summed E-state index contributed by atoms with van der Waals surface area (Å²) in [4.78, 5) is 2.18. The summed E-state index contributed by atoms with van der Waals surface area (Å²) in [6.45, 7) is 8.67. The molecule has 4 unspecified atom stereocenters. The van der Waals surface area contributed by atoms with E-state index in [0.29, 0.717) is 0 Å². The zero-order valence-corrected chi connectivity index (χ0v) is 21.7. The van der Waals surface area contributed by atoms with Gasteiger partial charge in [-0.15, -0.1) is 0 Å². The summed E-state index contributed by atoms with van der Waals surface area (Å²) in [7, 11) is 0. The van der Waals surface area contributed by atoms with Crippen molar-refractivity contribution in [3.63, 3.8) is 0 Å². The molecule has 0 bridgehead atoms. The van der Waals surface area contributed by atoms with Gasteiger partial charge in [0.15, 0.2) is 0 Å². The summed E-state index contributed by atoms with van der Waals surface area (Å²) in [5.74, 6) is 0. The summed E-state index contributed by atoms with van der Waals surface area (Å²) in [6, 6.07) is 0. The molecule has 2 heterocycles. The molecule has 2 rings (SSSR count). The maximum Gasteiger partial charge on any atom is 0.126 e. The van der Waals surface area contributed by atoms with E-state index in [0.717, 1.165) is 80.4 Å². The van der Waals surface area contributed by atoms with Crippen molar-refractivity contribution in [1.29, 1.82) is 0 Å². The molecule has 0 saturated heterocycles. The van der Waals surface area contributed by atoms with E-state index in [-0.39, 0.29) is 34.5 Å². The van der Waals surface area contributed by atoms with Crippen LogP contribution in [0, 0.1) is 10.8 Å². The second kappa shape index (κ2) is 12.5. The zero-order chi connectivity index (χ0) is 23.1. The number of aliphatic hydroxyl groups excluding tert-OH is 2. The summed E-state index contributed by atoms with van der Waals surface area (Å²) < 4.78 is 25.6. The molecule has 2 aliphatic heterocycles. The monoisotopic (exact) mass is 472 g/mol. The van der Waals surface area contributed by atoms with Crippen molar-refractivity contribution < 1.29 is 19.3 Å². The fourth-order valence-electron chi connectivity index (χ4n) is 4.36. The fraction of sp³-hybridized carbons (Fsp3) is 0.840. The second-order valence-electron chi connectivity index (χ2n) is 10.9. The Morgan fingerprint density at radius 3 is 1.68 bits per heavy atom. The Morgan fingerprint density at radius 1 is 0.774 bits per heavy atom. The molecular formula is C25H44O4S2. The largest absolute Gasteiger partial charge is 0.611 e. The standard InChI is InChI=1S/C25H44O4S2/c1-24(2,18-26)16-6-10-22-14-12-20(30(22)28)8-5-9-21-13-15-23(31(21)29)11-7-17-25(3,4)19-27/h12,15,21-22,26-27H,5-11,13-14,16-19H2,1-4H3. The Balaban J connectivity index is 1.64. The molecule has 0 amide bonds. The molecule has 0 spiro atoms. The van der Waals surface area contributed by atoms with Crippen molar-refractivity contribution in [2.75, 3.05) is 13.2 Å². The SMILES string of the molecule is CC(C)(CO)CCCC1=CCC(CCCC2=CCC(CCCC(C)(C)CO)[S+]2[O-])[S+]1[O-]. The van der Waals surface area contributed by atoms with Gasteiger partial charge in [0.1, 0.15) is 20.3 Å². The van der Waals surface area contributed by atoms with E-state index in [1.165, 1.54) is 0 Å². The van der Waals surface area contributed by atoms with Crippen molar-refractivity contribution in [1.82, 2.24) is 0 Å². The average Bonchev–Trinajstić information content (AvgIpc) is 3.25. The Labute approximate surface area is 196 Å². The lowest BCUT2D eigenvalue weighted by Crippen LogP contribution is -2.21. The molecule has 0 aliphatic carbocycles. The van der Waals surface area contributed by atoms with Gasteiger partial charge in [-0.2, -0.15) is 0 Å². The quantitative estimate of drug-likeness (QED) is 0.334. The number of rotatable bonds is 14. The minimum atomic E-state index is -0.878. The Morgan fingerprint density at radius 2 is 1.19 bits per heavy atom. The lowest BCUT2D eigenvalue weighted by molar-refractivity contribution is 0.147. The Hall–Kier alpha value is 0.0200. The van der Waals surface area contributed by atoms with Crippen LogP contribution in [0.2, 0.25) is 0 Å². The van der Waals surface area contributed by atoms with Crippen LogP contribution in [0.4, 0.5) is 0 Å². The fourth-order valence-corrected chi connectivity index (χ4v) is 7.73. The van der Waals surface area contributed by atoms with Crippen molar-refractivity contribution >= 4 is 22.4 Å². The van der Waals surface area contributed by atoms with Crippen LogP contribution in [0.1, 0.15) is 98.3 Å². The van der Waals surface area contributed by atoms with E-state index in [9.17, 15) is 19.3 Å². The molecule has 31 heavy (non-hydrogen) atoms. The summed E-state index contributed by atoms with van der Waals surface area (Å²) in [6.07, 6.45) is 14.6. The van der Waals surface area contributed by atoms with Crippen molar-refractivity contribution in [2.45, 2.75) is 109 Å². The molecule has 0 aromatic carbocycles. The van der Waals surface area contributed by atoms with Gasteiger partial charge >= 0.3 is 0 Å². The van der Waals surface area contributed by atoms with Gasteiger partial charge in [0.05, 0.1) is 0 Å². The van der Waals surface area contributed by atoms with Crippen LogP contribution in [-0.4, -0.2) is 43.0 Å². The third kappa shape index (κ3) is 8.71. The van der Waals surface area contributed by atoms with E-state index in [1.807, 2.05) is 0 Å². The van der Waals surface area contributed by atoms with Gasteiger partial charge in [0.2, 0.25) is 0 Å². The molecule has 4 nitrogen and oxygen atoms in total. The summed E-state index contributed by atoms with van der Waals surface area (Å²) in [5, 5.41) is 19.2. The molecular weight excluding hydrogens is 428 g/mol. The third-order valence-electron chi connectivity index (χ3n) is 6.80. The van der Waals surface area contributed by atoms with Crippen LogP contribution in [0.25, 0.3) is 0 Å². The lowest BCUT2D eigenvalue weighted by atomic mass is 9.88. The maximum absolute atomic E-state index is 12.8. The van der Waals surface area contributed by atoms with Crippen LogP contribution < -0.4 is 0 Å². The highest BCUT2D eigenvalue weighted by atomic mass is 32.2. The predicted octanol–water partition coefficient (Wildman–Crippen LogP) is 5.34. The first-order valence-corrected chi connectivity index (χ1v) is 14.4. The molecule has 2 N–H and O–H groups in total. The van der Waals surface area contributed by atoms with Gasteiger partial charge in [-0.25, -0.2) is 0 Å². The normalized spacial score (nSPS) is 27.0. The number of hydrogen-bond acceptors (Lipinski definition) is 4. The maximum atomic E-state index is 12.8. The molecule has 4 atom stereocenters. The van der Waals surface area contributed by atoms with Gasteiger partial charge in [0.25, 0.3) is 0 Å². The molecule has 6 heteroatoms. The molecule has 2 aliphatic rings. The van der Waals surface area contributed by atoms with Gasteiger partial charge in [0, 0.05) is 38.9 Å². The van der Waals surface area contributed by atoms with Gasteiger partial charge in [-0.1, -0.05) is 27.7 Å². The predicted molar refractivity (Wildman–Crippen MR) is 133 cm³/mol. The number of hydrogen-bond donors (Lipinski definition) is 2. The Bertz CT molecular complexity index is 615. The summed E-state index contributed by atoms with van der Waals surface area (Å²) in [5.41, 5.74) is -0.104. The van der Waals surface area contributed by atoms with Crippen LogP contribution in [0.5, 0.6) is 0 Å². The van der Waals surface area contributed by atoms with Crippen LogP contribution in [0.15, 0.2) is 22.0 Å². The first-order chi connectivity index (χ1) is 14.6. The van der Waals surface area contributed by atoms with Gasteiger partial charge < -0.3 is 19.3 Å². The number of allylic oxidation sites excluding steroid dienone is 4. The van der Waals surface area contributed by atoms with Gasteiger partial charge in [-0.3, -0.25) is 0 Å². The minimum Gasteiger partial charge on any atom is -0.611 e. The van der Waals surface area contributed by atoms with E-state index in [2.05, 4.69) is 39.8 Å². The van der Waals surface area contributed by atoms with Gasteiger partial charge in [-0.05, 0) is 90.3 Å².